The zero-order valence-corrected chi connectivity index (χ0v) is 18.1. The van der Waals surface area contributed by atoms with Crippen LogP contribution in [0.2, 0.25) is 10.0 Å². The normalized spacial score (nSPS) is 14.5. The molecule has 1 aromatic carbocycles. The van der Waals surface area contributed by atoms with Crippen LogP contribution < -0.4 is 4.90 Å². The molecule has 1 amide bonds. The fraction of sp³-hybridized carbons (Fsp3) is 0.381. The lowest BCUT2D eigenvalue weighted by molar-refractivity contribution is 0.0240. The number of nitrogens with zero attached hydrogens (tertiary/aromatic N) is 4. The van der Waals surface area contributed by atoms with Gasteiger partial charge in [-0.1, -0.05) is 23.2 Å². The Kier molecular flexibility index (Phi) is 6.21. The quantitative estimate of drug-likeness (QED) is 0.668. The molecule has 0 radical (unpaired) electrons. The SMILES string of the molecule is CC(C)(C)OC(=O)N1CCN(c2nc(-c3ccc(Cl)cc3Cl)ccc2C#N)CC1. The van der Waals surface area contributed by atoms with E-state index in [1.807, 2.05) is 31.7 Å². The van der Waals surface area contributed by atoms with E-state index in [9.17, 15) is 10.1 Å². The van der Waals surface area contributed by atoms with Crippen LogP contribution in [0.1, 0.15) is 26.3 Å². The molecule has 2 aromatic rings. The average molecular weight is 433 g/mol. The number of carbonyl (C=O) groups excluding carboxylic acids is 1. The third-order valence-electron chi connectivity index (χ3n) is 4.43. The Balaban J connectivity index is 1.80. The van der Waals surface area contributed by atoms with Crippen LogP contribution in [0.5, 0.6) is 0 Å². The van der Waals surface area contributed by atoms with Gasteiger partial charge in [0.15, 0.2) is 0 Å². The van der Waals surface area contributed by atoms with Gasteiger partial charge in [-0.2, -0.15) is 5.26 Å². The van der Waals surface area contributed by atoms with Gasteiger partial charge in [-0.15, -0.1) is 0 Å². The summed E-state index contributed by atoms with van der Waals surface area (Å²) in [5, 5.41) is 10.6. The number of hydrogen-bond acceptors (Lipinski definition) is 5. The van der Waals surface area contributed by atoms with Crippen LogP contribution in [0.15, 0.2) is 30.3 Å². The molecule has 8 heteroatoms. The molecule has 0 spiro atoms. The zero-order valence-electron chi connectivity index (χ0n) is 16.6. The fourth-order valence-electron chi connectivity index (χ4n) is 3.05. The largest absolute Gasteiger partial charge is 0.444 e. The van der Waals surface area contributed by atoms with Crippen LogP contribution in [-0.4, -0.2) is 47.8 Å². The molecule has 0 atom stereocenters. The first-order valence-corrected chi connectivity index (χ1v) is 10.0. The van der Waals surface area contributed by atoms with Crippen molar-refractivity contribution in [3.63, 3.8) is 0 Å². The van der Waals surface area contributed by atoms with Crippen molar-refractivity contribution in [2.24, 2.45) is 0 Å². The van der Waals surface area contributed by atoms with Gasteiger partial charge in [0.1, 0.15) is 17.5 Å². The number of pyridine rings is 1. The number of anilines is 1. The standard InChI is InChI=1S/C21H22Cl2N4O2/c1-21(2,3)29-20(28)27-10-8-26(9-11-27)19-14(13-24)4-7-18(25-19)16-6-5-15(22)12-17(16)23/h4-7,12H,8-11H2,1-3H3. The van der Waals surface area contributed by atoms with E-state index in [2.05, 4.69) is 6.07 Å². The molecule has 0 aliphatic carbocycles. The second kappa shape index (κ2) is 8.48. The first-order valence-electron chi connectivity index (χ1n) is 9.27. The summed E-state index contributed by atoms with van der Waals surface area (Å²) in [7, 11) is 0. The fourth-order valence-corrected chi connectivity index (χ4v) is 3.56. The van der Waals surface area contributed by atoms with Crippen molar-refractivity contribution in [1.82, 2.24) is 9.88 Å². The Labute approximate surface area is 180 Å². The molecule has 1 aromatic heterocycles. The van der Waals surface area contributed by atoms with E-state index < -0.39 is 5.60 Å². The smallest absolute Gasteiger partial charge is 0.410 e. The number of ether oxygens (including phenoxy) is 1. The van der Waals surface area contributed by atoms with E-state index in [1.54, 1.807) is 29.2 Å². The number of rotatable bonds is 2. The monoisotopic (exact) mass is 432 g/mol. The van der Waals surface area contributed by atoms with Crippen LogP contribution in [0, 0.1) is 11.3 Å². The third kappa shape index (κ3) is 5.11. The summed E-state index contributed by atoms with van der Waals surface area (Å²) in [6, 6.07) is 10.9. The highest BCUT2D eigenvalue weighted by atomic mass is 35.5. The van der Waals surface area contributed by atoms with Crippen LogP contribution in [0.3, 0.4) is 0 Å². The molecule has 2 heterocycles. The van der Waals surface area contributed by atoms with Crippen LogP contribution in [0.4, 0.5) is 10.6 Å². The van der Waals surface area contributed by atoms with Crippen molar-refractivity contribution in [2.75, 3.05) is 31.1 Å². The number of aromatic nitrogens is 1. The number of nitriles is 1. The predicted octanol–water partition coefficient (Wildman–Crippen LogP) is 4.98. The molecule has 152 valence electrons. The summed E-state index contributed by atoms with van der Waals surface area (Å²) in [6.45, 7) is 7.63. The lowest BCUT2D eigenvalue weighted by Crippen LogP contribution is -2.50. The summed E-state index contributed by atoms with van der Waals surface area (Å²) < 4.78 is 5.44. The maximum absolute atomic E-state index is 12.3. The number of hydrogen-bond donors (Lipinski definition) is 0. The number of carbonyl (C=O) groups is 1. The number of benzene rings is 1. The van der Waals surface area contributed by atoms with Gasteiger partial charge in [-0.25, -0.2) is 9.78 Å². The minimum Gasteiger partial charge on any atom is -0.444 e. The molecule has 6 nitrogen and oxygen atoms in total. The van der Waals surface area contributed by atoms with E-state index in [0.29, 0.717) is 53.3 Å². The Morgan fingerprint density at radius 2 is 1.83 bits per heavy atom. The van der Waals surface area contributed by atoms with Gasteiger partial charge >= 0.3 is 6.09 Å². The summed E-state index contributed by atoms with van der Waals surface area (Å²) >= 11 is 12.3. The van der Waals surface area contributed by atoms with Crippen molar-refractivity contribution in [1.29, 1.82) is 5.26 Å². The molecule has 1 fully saturated rings. The van der Waals surface area contributed by atoms with Gasteiger partial charge in [-0.05, 0) is 51.1 Å². The summed E-state index contributed by atoms with van der Waals surface area (Å²) in [4.78, 5) is 20.7. The van der Waals surface area contributed by atoms with Gasteiger partial charge in [0.25, 0.3) is 0 Å². The van der Waals surface area contributed by atoms with Crippen molar-refractivity contribution in [3.8, 4) is 17.3 Å². The lowest BCUT2D eigenvalue weighted by Gasteiger charge is -2.36. The van der Waals surface area contributed by atoms with Crippen molar-refractivity contribution < 1.29 is 9.53 Å². The first kappa shape index (κ1) is 21.2. The molecule has 1 saturated heterocycles. The molecule has 0 bridgehead atoms. The Morgan fingerprint density at radius 1 is 1.14 bits per heavy atom. The van der Waals surface area contributed by atoms with Crippen molar-refractivity contribution in [2.45, 2.75) is 26.4 Å². The maximum atomic E-state index is 12.3. The average Bonchev–Trinajstić information content (AvgIpc) is 2.66. The topological polar surface area (TPSA) is 69.5 Å². The Morgan fingerprint density at radius 3 is 2.41 bits per heavy atom. The number of halogens is 2. The molecular weight excluding hydrogens is 411 g/mol. The second-order valence-electron chi connectivity index (χ2n) is 7.76. The van der Waals surface area contributed by atoms with E-state index >= 15 is 0 Å². The molecule has 0 saturated carbocycles. The van der Waals surface area contributed by atoms with Gasteiger partial charge in [-0.3, -0.25) is 0 Å². The summed E-state index contributed by atoms with van der Waals surface area (Å²) in [5.74, 6) is 0.583. The van der Waals surface area contributed by atoms with Crippen LogP contribution in [0.25, 0.3) is 11.3 Å². The Hall–Kier alpha value is -2.49. The second-order valence-corrected chi connectivity index (χ2v) is 8.60. The van der Waals surface area contributed by atoms with Gasteiger partial charge in [0.2, 0.25) is 0 Å². The molecule has 29 heavy (non-hydrogen) atoms. The Bertz CT molecular complexity index is 958. The zero-order chi connectivity index (χ0) is 21.2. The highest BCUT2D eigenvalue weighted by Gasteiger charge is 2.27. The highest BCUT2D eigenvalue weighted by molar-refractivity contribution is 6.36. The number of piperazine rings is 1. The molecule has 1 aliphatic rings. The molecule has 0 N–H and O–H groups in total. The first-order chi connectivity index (χ1) is 13.7. The predicted molar refractivity (Wildman–Crippen MR) is 114 cm³/mol. The van der Waals surface area contributed by atoms with Crippen LogP contribution >= 0.6 is 23.2 Å². The maximum Gasteiger partial charge on any atom is 0.410 e. The van der Waals surface area contributed by atoms with E-state index in [0.717, 1.165) is 5.56 Å². The minimum atomic E-state index is -0.532. The lowest BCUT2D eigenvalue weighted by atomic mass is 10.1. The van der Waals surface area contributed by atoms with E-state index in [4.69, 9.17) is 32.9 Å². The van der Waals surface area contributed by atoms with Crippen molar-refractivity contribution in [3.05, 3.63) is 45.9 Å². The van der Waals surface area contributed by atoms with E-state index in [1.165, 1.54) is 0 Å². The minimum absolute atomic E-state index is 0.327. The van der Waals surface area contributed by atoms with Crippen molar-refractivity contribution >= 4 is 35.1 Å². The van der Waals surface area contributed by atoms with E-state index in [-0.39, 0.29) is 6.09 Å². The summed E-state index contributed by atoms with van der Waals surface area (Å²) in [6.07, 6.45) is -0.327. The van der Waals surface area contributed by atoms with Crippen LogP contribution in [-0.2, 0) is 4.74 Å². The highest BCUT2D eigenvalue weighted by Crippen LogP contribution is 2.31. The summed E-state index contributed by atoms with van der Waals surface area (Å²) in [5.41, 5.74) is 1.35. The van der Waals surface area contributed by atoms with Gasteiger partial charge in [0.05, 0.1) is 16.3 Å². The molecule has 1 aliphatic heterocycles. The molecule has 3 rings (SSSR count). The molecular formula is C21H22Cl2N4O2. The van der Waals surface area contributed by atoms with Gasteiger partial charge in [0, 0.05) is 36.8 Å². The number of amides is 1. The molecule has 0 unspecified atom stereocenters. The van der Waals surface area contributed by atoms with Gasteiger partial charge < -0.3 is 14.5 Å². The third-order valence-corrected chi connectivity index (χ3v) is 4.98.